The van der Waals surface area contributed by atoms with Crippen LogP contribution in [-0.2, 0) is 11.3 Å². The molecule has 5 heteroatoms. The summed E-state index contributed by atoms with van der Waals surface area (Å²) in [6.07, 6.45) is -0.642. The van der Waals surface area contributed by atoms with E-state index >= 15 is 0 Å². The lowest BCUT2D eigenvalue weighted by atomic mass is 10.2. The Kier molecular flexibility index (Phi) is 6.49. The molecule has 102 valence electrons. The predicted octanol–water partition coefficient (Wildman–Crippen LogP) is 0.801. The maximum absolute atomic E-state index is 9.51. The molecule has 2 N–H and O–H groups in total. The Hall–Kier alpha value is -1.30. The van der Waals surface area contributed by atoms with Crippen LogP contribution < -0.4 is 14.8 Å². The van der Waals surface area contributed by atoms with Crippen molar-refractivity contribution in [2.45, 2.75) is 12.6 Å². The van der Waals surface area contributed by atoms with Gasteiger partial charge in [0.1, 0.15) is 12.7 Å². The molecule has 1 atom stereocenters. The molecule has 0 saturated heterocycles. The fraction of sp³-hybridized carbons (Fsp3) is 0.538. The molecule has 0 spiro atoms. The third kappa shape index (κ3) is 4.52. The Balaban J connectivity index is 2.64. The van der Waals surface area contributed by atoms with Gasteiger partial charge < -0.3 is 24.6 Å². The molecule has 0 aromatic heterocycles. The Bertz CT molecular complexity index is 357. The van der Waals surface area contributed by atoms with Gasteiger partial charge in [0.2, 0.25) is 0 Å². The van der Waals surface area contributed by atoms with Gasteiger partial charge in [0.15, 0.2) is 11.5 Å². The van der Waals surface area contributed by atoms with Crippen LogP contribution in [0.3, 0.4) is 0 Å². The SMILES string of the molecule is CNCc1ccc(OCC(O)COC)c(OC)c1. The molecule has 0 amide bonds. The molecule has 0 heterocycles. The molecule has 18 heavy (non-hydrogen) atoms. The first-order chi connectivity index (χ1) is 8.71. The highest BCUT2D eigenvalue weighted by Gasteiger charge is 2.09. The molecule has 5 nitrogen and oxygen atoms in total. The third-order valence-corrected chi connectivity index (χ3v) is 2.40. The average molecular weight is 255 g/mol. The minimum atomic E-state index is -0.642. The first-order valence-electron chi connectivity index (χ1n) is 5.82. The zero-order chi connectivity index (χ0) is 13.4. The van der Waals surface area contributed by atoms with E-state index in [4.69, 9.17) is 14.2 Å². The monoisotopic (exact) mass is 255 g/mol. The number of rotatable bonds is 8. The zero-order valence-electron chi connectivity index (χ0n) is 11.1. The molecule has 1 rings (SSSR count). The van der Waals surface area contributed by atoms with Gasteiger partial charge in [-0.05, 0) is 24.7 Å². The lowest BCUT2D eigenvalue weighted by Crippen LogP contribution is -2.22. The molecule has 0 aliphatic heterocycles. The summed E-state index contributed by atoms with van der Waals surface area (Å²) in [6, 6.07) is 5.70. The van der Waals surface area contributed by atoms with E-state index in [9.17, 15) is 5.11 Å². The van der Waals surface area contributed by atoms with Crippen molar-refractivity contribution in [2.24, 2.45) is 0 Å². The molecule has 0 radical (unpaired) electrons. The Morgan fingerprint density at radius 3 is 2.61 bits per heavy atom. The summed E-state index contributed by atoms with van der Waals surface area (Å²) in [4.78, 5) is 0. The van der Waals surface area contributed by atoms with Crippen LogP contribution in [0.25, 0.3) is 0 Å². The number of hydrogen-bond acceptors (Lipinski definition) is 5. The third-order valence-electron chi connectivity index (χ3n) is 2.40. The number of hydrogen-bond donors (Lipinski definition) is 2. The van der Waals surface area contributed by atoms with Gasteiger partial charge >= 0.3 is 0 Å². The number of methoxy groups -OCH3 is 2. The summed E-state index contributed by atoms with van der Waals surface area (Å²) in [6.45, 7) is 1.19. The van der Waals surface area contributed by atoms with E-state index in [1.165, 1.54) is 7.11 Å². The van der Waals surface area contributed by atoms with Crippen molar-refractivity contribution in [3.05, 3.63) is 23.8 Å². The van der Waals surface area contributed by atoms with Crippen LogP contribution in [0.1, 0.15) is 5.56 Å². The summed E-state index contributed by atoms with van der Waals surface area (Å²) in [5.41, 5.74) is 1.11. The first kappa shape index (κ1) is 14.8. The highest BCUT2D eigenvalue weighted by Crippen LogP contribution is 2.28. The van der Waals surface area contributed by atoms with E-state index in [0.717, 1.165) is 12.1 Å². The molecule has 1 unspecified atom stereocenters. The van der Waals surface area contributed by atoms with Crippen LogP contribution in [0.5, 0.6) is 11.5 Å². The number of aliphatic hydroxyl groups is 1. The molecule has 0 aliphatic rings. The topological polar surface area (TPSA) is 60.0 Å². The van der Waals surface area contributed by atoms with Crippen LogP contribution >= 0.6 is 0 Å². The molecule has 0 fully saturated rings. The van der Waals surface area contributed by atoms with Gasteiger partial charge in [0.05, 0.1) is 13.7 Å². The summed E-state index contributed by atoms with van der Waals surface area (Å²) in [5, 5.41) is 12.6. The van der Waals surface area contributed by atoms with Crippen molar-refractivity contribution in [3.63, 3.8) is 0 Å². The second-order valence-electron chi connectivity index (χ2n) is 3.94. The summed E-state index contributed by atoms with van der Waals surface area (Å²) in [5.74, 6) is 1.28. The van der Waals surface area contributed by atoms with E-state index in [1.54, 1.807) is 7.11 Å². The quantitative estimate of drug-likeness (QED) is 0.719. The molecular weight excluding hydrogens is 234 g/mol. The van der Waals surface area contributed by atoms with Gasteiger partial charge in [0.25, 0.3) is 0 Å². The van der Waals surface area contributed by atoms with E-state index in [2.05, 4.69) is 5.32 Å². The minimum Gasteiger partial charge on any atom is -0.493 e. The second-order valence-corrected chi connectivity index (χ2v) is 3.94. The van der Waals surface area contributed by atoms with Gasteiger partial charge in [0, 0.05) is 13.7 Å². The number of benzene rings is 1. The molecule has 0 bridgehead atoms. The van der Waals surface area contributed by atoms with Gasteiger partial charge in [-0.1, -0.05) is 6.07 Å². The van der Waals surface area contributed by atoms with E-state index in [-0.39, 0.29) is 13.2 Å². The van der Waals surface area contributed by atoms with Crippen molar-refractivity contribution in [1.82, 2.24) is 5.32 Å². The molecule has 1 aromatic rings. The lowest BCUT2D eigenvalue weighted by Gasteiger charge is -2.14. The van der Waals surface area contributed by atoms with Crippen LogP contribution in [0.4, 0.5) is 0 Å². The van der Waals surface area contributed by atoms with E-state index < -0.39 is 6.10 Å². The Morgan fingerprint density at radius 1 is 1.22 bits per heavy atom. The molecule has 0 saturated carbocycles. The molecule has 0 aliphatic carbocycles. The van der Waals surface area contributed by atoms with E-state index in [0.29, 0.717) is 11.5 Å². The van der Waals surface area contributed by atoms with Crippen LogP contribution in [0.2, 0.25) is 0 Å². The number of nitrogens with one attached hydrogen (secondary N) is 1. The van der Waals surface area contributed by atoms with Gasteiger partial charge in [-0.2, -0.15) is 0 Å². The standard InChI is InChI=1S/C13H21NO4/c1-14-7-10-4-5-12(13(6-10)17-3)18-9-11(15)8-16-2/h4-6,11,14-15H,7-9H2,1-3H3. The van der Waals surface area contributed by atoms with E-state index in [1.807, 2.05) is 25.2 Å². The van der Waals surface area contributed by atoms with Crippen molar-refractivity contribution in [1.29, 1.82) is 0 Å². The summed E-state index contributed by atoms with van der Waals surface area (Å²) < 4.78 is 15.6. The Labute approximate surface area is 108 Å². The highest BCUT2D eigenvalue weighted by molar-refractivity contribution is 5.42. The Morgan fingerprint density at radius 2 is 2.00 bits per heavy atom. The number of aliphatic hydroxyl groups excluding tert-OH is 1. The van der Waals surface area contributed by atoms with Crippen LogP contribution in [0, 0.1) is 0 Å². The first-order valence-corrected chi connectivity index (χ1v) is 5.82. The van der Waals surface area contributed by atoms with Gasteiger partial charge in [-0.15, -0.1) is 0 Å². The second kappa shape index (κ2) is 7.92. The normalized spacial score (nSPS) is 12.2. The number of ether oxygens (including phenoxy) is 3. The minimum absolute atomic E-state index is 0.176. The smallest absolute Gasteiger partial charge is 0.161 e. The highest BCUT2D eigenvalue weighted by atomic mass is 16.5. The van der Waals surface area contributed by atoms with Crippen LogP contribution in [0.15, 0.2) is 18.2 Å². The van der Waals surface area contributed by atoms with Crippen molar-refractivity contribution >= 4 is 0 Å². The fourth-order valence-electron chi connectivity index (χ4n) is 1.57. The molecule has 1 aromatic carbocycles. The largest absolute Gasteiger partial charge is 0.493 e. The van der Waals surface area contributed by atoms with Gasteiger partial charge in [-0.3, -0.25) is 0 Å². The molecular formula is C13H21NO4. The van der Waals surface area contributed by atoms with Gasteiger partial charge in [-0.25, -0.2) is 0 Å². The zero-order valence-corrected chi connectivity index (χ0v) is 11.1. The summed E-state index contributed by atoms with van der Waals surface area (Å²) >= 11 is 0. The van der Waals surface area contributed by atoms with Crippen LogP contribution in [-0.4, -0.2) is 45.7 Å². The summed E-state index contributed by atoms with van der Waals surface area (Å²) in [7, 11) is 5.02. The lowest BCUT2D eigenvalue weighted by molar-refractivity contribution is 0.0319. The maximum atomic E-state index is 9.51. The predicted molar refractivity (Wildman–Crippen MR) is 69.1 cm³/mol. The fourth-order valence-corrected chi connectivity index (χ4v) is 1.57. The van der Waals surface area contributed by atoms with Crippen molar-refractivity contribution in [3.8, 4) is 11.5 Å². The maximum Gasteiger partial charge on any atom is 0.161 e. The van der Waals surface area contributed by atoms with Crippen molar-refractivity contribution in [2.75, 3.05) is 34.5 Å². The average Bonchev–Trinajstić information content (AvgIpc) is 2.37. The van der Waals surface area contributed by atoms with Crippen molar-refractivity contribution < 1.29 is 19.3 Å².